The van der Waals surface area contributed by atoms with Crippen molar-refractivity contribution in [1.29, 1.82) is 0 Å². The van der Waals surface area contributed by atoms with Crippen LogP contribution in [-0.2, 0) is 6.42 Å². The Morgan fingerprint density at radius 2 is 1.82 bits per heavy atom. The predicted octanol–water partition coefficient (Wildman–Crippen LogP) is 6.22. The molecule has 1 aliphatic carbocycles. The van der Waals surface area contributed by atoms with E-state index in [1.807, 2.05) is 42.5 Å². The summed E-state index contributed by atoms with van der Waals surface area (Å²) in [7, 11) is 0. The summed E-state index contributed by atoms with van der Waals surface area (Å²) in [5.74, 6) is -0.0849. The lowest BCUT2D eigenvalue weighted by Crippen LogP contribution is -2.51. The van der Waals surface area contributed by atoms with Gasteiger partial charge in [-0.15, -0.1) is 0 Å². The maximum atomic E-state index is 13.1. The molecule has 4 rings (SSSR count). The Morgan fingerprint density at radius 1 is 1.04 bits per heavy atom. The van der Waals surface area contributed by atoms with Crippen LogP contribution in [0.2, 0.25) is 10.0 Å². The maximum absolute atomic E-state index is 13.1. The van der Waals surface area contributed by atoms with E-state index in [1.54, 1.807) is 12.3 Å². The molecule has 1 aliphatic rings. The van der Waals surface area contributed by atoms with Gasteiger partial charge in [-0.05, 0) is 43.0 Å². The summed E-state index contributed by atoms with van der Waals surface area (Å²) >= 11 is 12.6. The summed E-state index contributed by atoms with van der Waals surface area (Å²) in [6, 6.07) is 15.4. The monoisotopic (exact) mass is 412 g/mol. The molecule has 1 N–H and O–H groups in total. The molecular formula is C23H22Cl2N2O. The topological polar surface area (TPSA) is 42.0 Å². The molecule has 2 aromatic carbocycles. The largest absolute Gasteiger partial charge is 0.346 e. The smallest absolute Gasteiger partial charge is 0.253 e. The normalized spacial score (nSPS) is 16.1. The van der Waals surface area contributed by atoms with Gasteiger partial charge in [-0.1, -0.05) is 72.8 Å². The number of rotatable bonds is 4. The van der Waals surface area contributed by atoms with Crippen LogP contribution in [0, 0.1) is 0 Å². The molecule has 0 spiro atoms. The second-order valence-corrected chi connectivity index (χ2v) is 8.39. The number of pyridine rings is 1. The molecule has 1 aromatic heterocycles. The molecule has 1 heterocycles. The highest BCUT2D eigenvalue weighted by Crippen LogP contribution is 2.35. The Bertz CT molecular complexity index is 1010. The van der Waals surface area contributed by atoms with Crippen LogP contribution in [0.25, 0.3) is 10.9 Å². The number of nitrogens with one attached hydrogen (secondary N) is 1. The molecular weight excluding hydrogens is 391 g/mol. The molecule has 0 radical (unpaired) electrons. The number of amides is 1. The number of hydrogen-bond donors (Lipinski definition) is 1. The standard InChI is InChI=1S/C23H22Cl2N2O/c24-19-9-6-8-17(21(19)25)14-23(11-4-1-5-12-23)27-22(28)18-13-16-7-2-3-10-20(16)26-15-18/h2-3,6-10,13,15H,1,4-5,11-12,14H2,(H,27,28). The van der Waals surface area contributed by atoms with Gasteiger partial charge in [-0.2, -0.15) is 0 Å². The van der Waals surface area contributed by atoms with Gasteiger partial charge in [0, 0.05) is 17.1 Å². The van der Waals surface area contributed by atoms with Gasteiger partial charge in [-0.3, -0.25) is 9.78 Å². The number of hydrogen-bond acceptors (Lipinski definition) is 2. The quantitative estimate of drug-likeness (QED) is 0.552. The van der Waals surface area contributed by atoms with Crippen molar-refractivity contribution in [2.24, 2.45) is 0 Å². The van der Waals surface area contributed by atoms with E-state index in [-0.39, 0.29) is 11.4 Å². The second-order valence-electron chi connectivity index (χ2n) is 7.60. The average molecular weight is 413 g/mol. The molecule has 0 bridgehead atoms. The van der Waals surface area contributed by atoms with Crippen molar-refractivity contribution in [1.82, 2.24) is 10.3 Å². The van der Waals surface area contributed by atoms with Gasteiger partial charge in [0.15, 0.2) is 0 Å². The van der Waals surface area contributed by atoms with Crippen LogP contribution in [0.4, 0.5) is 0 Å². The van der Waals surface area contributed by atoms with E-state index in [2.05, 4.69) is 10.3 Å². The van der Waals surface area contributed by atoms with Crippen LogP contribution in [-0.4, -0.2) is 16.4 Å². The summed E-state index contributed by atoms with van der Waals surface area (Å²) in [6.45, 7) is 0. The van der Waals surface area contributed by atoms with E-state index in [0.29, 0.717) is 22.0 Å². The summed E-state index contributed by atoms with van der Waals surface area (Å²) in [5, 5.41) is 5.42. The van der Waals surface area contributed by atoms with Crippen molar-refractivity contribution >= 4 is 40.0 Å². The first-order valence-electron chi connectivity index (χ1n) is 9.67. The molecule has 3 aromatic rings. The number of halogens is 2. The van der Waals surface area contributed by atoms with Crippen molar-refractivity contribution in [3.63, 3.8) is 0 Å². The third-order valence-electron chi connectivity index (χ3n) is 5.60. The van der Waals surface area contributed by atoms with Crippen molar-refractivity contribution in [3.05, 3.63) is 75.9 Å². The van der Waals surface area contributed by atoms with Crippen molar-refractivity contribution in [2.75, 3.05) is 0 Å². The fourth-order valence-electron chi connectivity index (χ4n) is 4.13. The van der Waals surface area contributed by atoms with Gasteiger partial charge < -0.3 is 5.32 Å². The predicted molar refractivity (Wildman–Crippen MR) is 115 cm³/mol. The van der Waals surface area contributed by atoms with Gasteiger partial charge in [0.2, 0.25) is 0 Å². The molecule has 0 aliphatic heterocycles. The summed E-state index contributed by atoms with van der Waals surface area (Å²) in [4.78, 5) is 17.5. The number of benzene rings is 2. The second kappa shape index (κ2) is 8.10. The highest BCUT2D eigenvalue weighted by atomic mass is 35.5. The Labute approximate surface area is 175 Å². The summed E-state index contributed by atoms with van der Waals surface area (Å²) < 4.78 is 0. The number of fused-ring (bicyclic) bond motifs is 1. The summed E-state index contributed by atoms with van der Waals surface area (Å²) in [5.41, 5.74) is 2.14. The van der Waals surface area contributed by atoms with E-state index in [1.165, 1.54) is 6.42 Å². The Hall–Kier alpha value is -2.10. The molecule has 0 atom stereocenters. The zero-order chi connectivity index (χ0) is 19.6. The first-order valence-corrected chi connectivity index (χ1v) is 10.4. The SMILES string of the molecule is O=C(NC1(Cc2cccc(Cl)c2Cl)CCCCC1)c1cnc2ccccc2c1. The summed E-state index contributed by atoms with van der Waals surface area (Å²) in [6.07, 6.45) is 7.58. The van der Waals surface area contributed by atoms with Gasteiger partial charge >= 0.3 is 0 Å². The molecule has 1 fully saturated rings. The molecule has 0 saturated heterocycles. The lowest BCUT2D eigenvalue weighted by molar-refractivity contribution is 0.0868. The Balaban J connectivity index is 1.61. The molecule has 28 heavy (non-hydrogen) atoms. The van der Waals surface area contributed by atoms with E-state index in [0.717, 1.165) is 42.1 Å². The number of nitrogens with zero attached hydrogens (tertiary/aromatic N) is 1. The van der Waals surface area contributed by atoms with E-state index in [9.17, 15) is 4.79 Å². The van der Waals surface area contributed by atoms with Gasteiger partial charge in [0.1, 0.15) is 0 Å². The number of carbonyl (C=O) groups excluding carboxylic acids is 1. The van der Waals surface area contributed by atoms with Crippen LogP contribution in [0.5, 0.6) is 0 Å². The van der Waals surface area contributed by atoms with Crippen LogP contribution in [0.1, 0.15) is 48.0 Å². The molecule has 0 unspecified atom stereocenters. The zero-order valence-electron chi connectivity index (χ0n) is 15.6. The van der Waals surface area contributed by atoms with Crippen LogP contribution in [0.15, 0.2) is 54.7 Å². The Kier molecular flexibility index (Phi) is 5.56. The van der Waals surface area contributed by atoms with E-state index >= 15 is 0 Å². The molecule has 5 heteroatoms. The van der Waals surface area contributed by atoms with Crippen LogP contribution < -0.4 is 5.32 Å². The van der Waals surface area contributed by atoms with Gasteiger partial charge in [0.25, 0.3) is 5.91 Å². The van der Waals surface area contributed by atoms with Crippen molar-refractivity contribution < 1.29 is 4.79 Å². The minimum absolute atomic E-state index is 0.0849. The molecule has 1 amide bonds. The first kappa shape index (κ1) is 19.2. The lowest BCUT2D eigenvalue weighted by Gasteiger charge is -2.38. The Morgan fingerprint density at radius 3 is 2.64 bits per heavy atom. The minimum atomic E-state index is -0.310. The molecule has 3 nitrogen and oxygen atoms in total. The third kappa shape index (κ3) is 4.01. The van der Waals surface area contributed by atoms with E-state index < -0.39 is 0 Å². The first-order chi connectivity index (χ1) is 13.6. The third-order valence-corrected chi connectivity index (χ3v) is 6.46. The number of aromatic nitrogens is 1. The van der Waals surface area contributed by atoms with Gasteiger partial charge in [-0.25, -0.2) is 0 Å². The fourth-order valence-corrected chi connectivity index (χ4v) is 4.52. The van der Waals surface area contributed by atoms with Gasteiger partial charge in [0.05, 0.1) is 21.1 Å². The fraction of sp³-hybridized carbons (Fsp3) is 0.304. The highest BCUT2D eigenvalue weighted by Gasteiger charge is 2.34. The van der Waals surface area contributed by atoms with Crippen molar-refractivity contribution in [2.45, 2.75) is 44.1 Å². The number of para-hydroxylation sites is 1. The highest BCUT2D eigenvalue weighted by molar-refractivity contribution is 6.42. The number of carbonyl (C=O) groups is 1. The molecule has 1 saturated carbocycles. The zero-order valence-corrected chi connectivity index (χ0v) is 17.1. The lowest BCUT2D eigenvalue weighted by atomic mass is 9.77. The van der Waals surface area contributed by atoms with Crippen LogP contribution >= 0.6 is 23.2 Å². The minimum Gasteiger partial charge on any atom is -0.346 e. The average Bonchev–Trinajstić information content (AvgIpc) is 2.72. The van der Waals surface area contributed by atoms with Crippen molar-refractivity contribution in [3.8, 4) is 0 Å². The van der Waals surface area contributed by atoms with E-state index in [4.69, 9.17) is 23.2 Å². The molecule has 144 valence electrons. The maximum Gasteiger partial charge on any atom is 0.253 e. The van der Waals surface area contributed by atoms with Crippen LogP contribution in [0.3, 0.4) is 0 Å².